The number of nitrogens with zero attached hydrogens (tertiary/aromatic N) is 1. The van der Waals surface area contributed by atoms with Crippen molar-refractivity contribution in [2.75, 3.05) is 0 Å². The summed E-state index contributed by atoms with van der Waals surface area (Å²) in [5.74, 6) is 0.949. The van der Waals surface area contributed by atoms with Crippen LogP contribution in [-0.4, -0.2) is 11.1 Å². The van der Waals surface area contributed by atoms with Crippen LogP contribution >= 0.6 is 22.6 Å². The van der Waals surface area contributed by atoms with E-state index in [1.165, 1.54) is 12.8 Å². The molecule has 1 saturated carbocycles. The molecule has 12 heavy (non-hydrogen) atoms. The van der Waals surface area contributed by atoms with Crippen LogP contribution in [0.2, 0.25) is 0 Å². The second-order valence-corrected chi connectivity index (χ2v) is 4.30. The molecule has 0 radical (unpaired) electrons. The molecular weight excluding hydrogens is 265 g/mol. The third-order valence-electron chi connectivity index (χ3n) is 1.83. The van der Waals surface area contributed by atoms with E-state index >= 15 is 0 Å². The number of hydrogen-bond donors (Lipinski definition) is 0. The molecular formula is C9H10INO. The van der Waals surface area contributed by atoms with Crippen LogP contribution in [0, 0.1) is 10.5 Å². The van der Waals surface area contributed by atoms with Crippen molar-refractivity contribution < 1.29 is 4.74 Å². The number of pyridine rings is 1. The summed E-state index contributed by atoms with van der Waals surface area (Å²) >= 11 is 2.25. The zero-order chi connectivity index (χ0) is 8.55. The highest BCUT2D eigenvalue weighted by Crippen LogP contribution is 2.28. The molecule has 64 valence electrons. The molecule has 0 spiro atoms. The predicted octanol–water partition coefficient (Wildman–Crippen LogP) is 2.54. The summed E-state index contributed by atoms with van der Waals surface area (Å²) in [6.07, 6.45) is 4.72. The van der Waals surface area contributed by atoms with Crippen LogP contribution in [0.15, 0.2) is 12.3 Å². The lowest BCUT2D eigenvalue weighted by molar-refractivity contribution is 0.299. The number of ether oxygens (including phenoxy) is 1. The van der Waals surface area contributed by atoms with Gasteiger partial charge in [-0.2, -0.15) is 0 Å². The van der Waals surface area contributed by atoms with Crippen molar-refractivity contribution in [1.82, 2.24) is 4.98 Å². The zero-order valence-corrected chi connectivity index (χ0v) is 9.04. The van der Waals surface area contributed by atoms with E-state index in [0.717, 1.165) is 15.0 Å². The van der Waals surface area contributed by atoms with E-state index < -0.39 is 0 Å². The van der Waals surface area contributed by atoms with Gasteiger partial charge in [0.25, 0.3) is 0 Å². The largest absolute Gasteiger partial charge is 0.488 e. The average Bonchev–Trinajstić information content (AvgIpc) is 2.81. The van der Waals surface area contributed by atoms with Crippen molar-refractivity contribution in [3.63, 3.8) is 0 Å². The molecule has 1 fully saturated rings. The molecule has 2 rings (SSSR count). The Kier molecular flexibility index (Phi) is 2.21. The SMILES string of the molecule is Cc1ncc(I)cc1OC1CC1. The number of rotatable bonds is 2. The first-order valence-corrected chi connectivity index (χ1v) is 5.12. The Bertz CT molecular complexity index is 297. The first-order valence-electron chi connectivity index (χ1n) is 4.04. The molecule has 1 heterocycles. The Labute approximate surface area is 85.5 Å². The summed E-state index contributed by atoms with van der Waals surface area (Å²) in [4.78, 5) is 4.23. The molecule has 0 aromatic carbocycles. The first kappa shape index (κ1) is 8.29. The minimum Gasteiger partial charge on any atom is -0.488 e. The lowest BCUT2D eigenvalue weighted by Gasteiger charge is -2.06. The predicted molar refractivity (Wildman–Crippen MR) is 55.3 cm³/mol. The second-order valence-electron chi connectivity index (χ2n) is 3.05. The van der Waals surface area contributed by atoms with Gasteiger partial charge in [0.05, 0.1) is 11.8 Å². The molecule has 2 nitrogen and oxygen atoms in total. The Morgan fingerprint density at radius 2 is 2.33 bits per heavy atom. The van der Waals surface area contributed by atoms with Gasteiger partial charge in [0.15, 0.2) is 0 Å². The maximum absolute atomic E-state index is 5.67. The molecule has 0 unspecified atom stereocenters. The monoisotopic (exact) mass is 275 g/mol. The van der Waals surface area contributed by atoms with Gasteiger partial charge in [0, 0.05) is 9.77 Å². The molecule has 0 bridgehead atoms. The van der Waals surface area contributed by atoms with Crippen LogP contribution in [0.3, 0.4) is 0 Å². The molecule has 0 saturated heterocycles. The van der Waals surface area contributed by atoms with Crippen LogP contribution in [0.25, 0.3) is 0 Å². The Balaban J connectivity index is 2.21. The van der Waals surface area contributed by atoms with Crippen LogP contribution in [0.5, 0.6) is 5.75 Å². The number of aromatic nitrogens is 1. The van der Waals surface area contributed by atoms with Crippen LogP contribution in [0.4, 0.5) is 0 Å². The number of aryl methyl sites for hydroxylation is 1. The van der Waals surface area contributed by atoms with Gasteiger partial charge in [-0.1, -0.05) is 0 Å². The fourth-order valence-electron chi connectivity index (χ4n) is 0.974. The minimum absolute atomic E-state index is 0.462. The molecule has 0 atom stereocenters. The van der Waals surface area contributed by atoms with Crippen molar-refractivity contribution in [3.8, 4) is 5.75 Å². The van der Waals surface area contributed by atoms with Crippen molar-refractivity contribution in [2.24, 2.45) is 0 Å². The van der Waals surface area contributed by atoms with Gasteiger partial charge in [-0.25, -0.2) is 0 Å². The fourth-order valence-corrected chi connectivity index (χ4v) is 1.40. The van der Waals surface area contributed by atoms with E-state index in [2.05, 4.69) is 27.6 Å². The lowest BCUT2D eigenvalue weighted by atomic mass is 10.3. The van der Waals surface area contributed by atoms with Gasteiger partial charge in [-0.15, -0.1) is 0 Å². The molecule has 1 aliphatic rings. The first-order chi connectivity index (χ1) is 5.75. The van der Waals surface area contributed by atoms with Crippen LogP contribution in [-0.2, 0) is 0 Å². The molecule has 0 aliphatic heterocycles. The minimum atomic E-state index is 0.462. The smallest absolute Gasteiger partial charge is 0.141 e. The third-order valence-corrected chi connectivity index (χ3v) is 2.42. The van der Waals surface area contributed by atoms with Gasteiger partial charge in [-0.3, -0.25) is 4.98 Å². The summed E-state index contributed by atoms with van der Waals surface area (Å²) in [6, 6.07) is 2.04. The highest BCUT2D eigenvalue weighted by molar-refractivity contribution is 14.1. The number of hydrogen-bond acceptors (Lipinski definition) is 2. The quantitative estimate of drug-likeness (QED) is 0.774. The molecule has 1 aromatic rings. The lowest BCUT2D eigenvalue weighted by Crippen LogP contribution is -1.99. The van der Waals surface area contributed by atoms with Crippen molar-refractivity contribution in [3.05, 3.63) is 21.5 Å². The Morgan fingerprint density at radius 3 is 3.00 bits per heavy atom. The van der Waals surface area contributed by atoms with E-state index in [9.17, 15) is 0 Å². The van der Waals surface area contributed by atoms with Crippen LogP contribution in [0.1, 0.15) is 18.5 Å². The summed E-state index contributed by atoms with van der Waals surface area (Å²) < 4.78 is 6.80. The van der Waals surface area contributed by atoms with Crippen molar-refractivity contribution in [1.29, 1.82) is 0 Å². The van der Waals surface area contributed by atoms with Gasteiger partial charge >= 0.3 is 0 Å². The zero-order valence-electron chi connectivity index (χ0n) is 6.88. The Morgan fingerprint density at radius 1 is 1.58 bits per heavy atom. The maximum atomic E-state index is 5.67. The maximum Gasteiger partial charge on any atom is 0.141 e. The summed E-state index contributed by atoms with van der Waals surface area (Å²) in [7, 11) is 0. The molecule has 0 amide bonds. The van der Waals surface area contributed by atoms with Gasteiger partial charge < -0.3 is 4.74 Å². The average molecular weight is 275 g/mol. The topological polar surface area (TPSA) is 22.1 Å². The van der Waals surface area contributed by atoms with E-state index in [1.54, 1.807) is 0 Å². The Hall–Kier alpha value is -0.320. The van der Waals surface area contributed by atoms with Crippen molar-refractivity contribution in [2.45, 2.75) is 25.9 Å². The normalized spacial score (nSPS) is 16.2. The van der Waals surface area contributed by atoms with Gasteiger partial charge in [-0.05, 0) is 48.4 Å². The highest BCUT2D eigenvalue weighted by Gasteiger charge is 2.24. The van der Waals surface area contributed by atoms with E-state index in [1.807, 2.05) is 19.2 Å². The molecule has 3 heteroatoms. The van der Waals surface area contributed by atoms with E-state index in [4.69, 9.17) is 4.74 Å². The summed E-state index contributed by atoms with van der Waals surface area (Å²) in [5.41, 5.74) is 0.988. The second kappa shape index (κ2) is 3.20. The summed E-state index contributed by atoms with van der Waals surface area (Å²) in [6.45, 7) is 1.98. The van der Waals surface area contributed by atoms with E-state index in [-0.39, 0.29) is 0 Å². The van der Waals surface area contributed by atoms with Crippen LogP contribution < -0.4 is 4.74 Å². The van der Waals surface area contributed by atoms with Gasteiger partial charge in [0.1, 0.15) is 5.75 Å². The number of halogens is 1. The van der Waals surface area contributed by atoms with Crippen molar-refractivity contribution >= 4 is 22.6 Å². The third kappa shape index (κ3) is 1.88. The summed E-state index contributed by atoms with van der Waals surface area (Å²) in [5, 5.41) is 0. The molecule has 1 aliphatic carbocycles. The van der Waals surface area contributed by atoms with Gasteiger partial charge in [0.2, 0.25) is 0 Å². The molecule has 1 aromatic heterocycles. The standard InChI is InChI=1S/C9H10INO/c1-6-9(12-8-2-3-8)4-7(10)5-11-6/h4-5,8H,2-3H2,1H3. The highest BCUT2D eigenvalue weighted by atomic mass is 127. The fraction of sp³-hybridized carbons (Fsp3) is 0.444. The van der Waals surface area contributed by atoms with E-state index in [0.29, 0.717) is 6.10 Å². The molecule has 0 N–H and O–H groups in total.